The Labute approximate surface area is 272 Å². The predicted molar refractivity (Wildman–Crippen MR) is 168 cm³/mol. The number of carboxylic acids is 1. The van der Waals surface area contributed by atoms with Gasteiger partial charge in [-0.3, -0.25) is 10.0 Å². The van der Waals surface area contributed by atoms with Crippen LogP contribution in [-0.2, 0) is 16.0 Å². The molecule has 0 saturated carbocycles. The molecule has 0 fully saturated rings. The van der Waals surface area contributed by atoms with E-state index in [1.807, 2.05) is 43.5 Å². The molecule has 15 heteroatoms. The van der Waals surface area contributed by atoms with Crippen molar-refractivity contribution in [2.45, 2.75) is 44.8 Å². The highest BCUT2D eigenvalue weighted by Crippen LogP contribution is 2.28. The lowest BCUT2D eigenvalue weighted by atomic mass is 10.0. The number of halogens is 3. The first-order valence-corrected chi connectivity index (χ1v) is 14.9. The normalized spacial score (nSPS) is 11.8. The van der Waals surface area contributed by atoms with Gasteiger partial charge in [0.25, 0.3) is 5.82 Å². The van der Waals surface area contributed by atoms with E-state index < -0.39 is 18.2 Å². The van der Waals surface area contributed by atoms with E-state index in [0.717, 1.165) is 56.8 Å². The highest BCUT2D eigenvalue weighted by atomic mass is 19.4. The molecule has 3 aromatic carbocycles. The number of hydrogen-bond donors (Lipinski definition) is 6. The van der Waals surface area contributed by atoms with Gasteiger partial charge in [-0.2, -0.15) is 13.2 Å². The Morgan fingerprint density at radius 1 is 1.02 bits per heavy atom. The molecule has 0 saturated heterocycles. The number of hydrogen-bond acceptors (Lipinski definition) is 6. The molecule has 48 heavy (non-hydrogen) atoms. The molecule has 5 aromatic rings. The Balaban J connectivity index is 0.000000671. The van der Waals surface area contributed by atoms with E-state index in [0.29, 0.717) is 19.4 Å². The van der Waals surface area contributed by atoms with E-state index in [9.17, 15) is 22.8 Å². The summed E-state index contributed by atoms with van der Waals surface area (Å²) in [7, 11) is 1.63. The number of aryl methyl sites for hydroxylation is 1. The van der Waals surface area contributed by atoms with Crippen LogP contribution in [0.15, 0.2) is 66.9 Å². The number of carbonyl (C=O) groups excluding carboxylic acids is 3. The van der Waals surface area contributed by atoms with Crippen LogP contribution < -0.4 is 30.9 Å². The molecule has 0 unspecified atom stereocenters. The first-order valence-electron chi connectivity index (χ1n) is 14.9. The number of hydroxylamine groups is 1. The van der Waals surface area contributed by atoms with E-state index in [4.69, 9.17) is 19.8 Å². The van der Waals surface area contributed by atoms with Crippen molar-refractivity contribution in [2.24, 2.45) is 0 Å². The summed E-state index contributed by atoms with van der Waals surface area (Å²) in [6, 6.07) is 19.4. The number of aromatic amines is 3. The van der Waals surface area contributed by atoms with Crippen molar-refractivity contribution in [3.05, 3.63) is 83.9 Å². The van der Waals surface area contributed by atoms with Crippen molar-refractivity contribution in [3.63, 3.8) is 0 Å². The Hall–Kier alpha value is -5.57. The monoisotopic (exact) mass is 668 g/mol. The minimum Gasteiger partial charge on any atom is -0.542 e. The standard InChI is InChI=1S/C31H34N6O4.C2HF3O2/c1-19-24(25-16-23(41-2)12-13-26(25)34-19)17-29(38)35-27(9-5-6-14-32-31(39)37-40)30-33-18-28(36-30)22-11-10-20-7-3-4-8-21(20)15-22;3-2(4,5)1(6)7/h3-4,7-8,10-13,15-16,18,27,34,40H,5-6,9,14,17H2,1-2H3,(H,33,36)(H,35,38)(H2,32,37,39);(H,6,7)/t27-;/m0./s1. The van der Waals surface area contributed by atoms with Crippen molar-refractivity contribution in [1.29, 1.82) is 0 Å². The number of unbranched alkanes of at least 4 members (excludes halogenated alkanes) is 1. The molecule has 0 radical (unpaired) electrons. The number of urea groups is 1. The number of nitrogens with one attached hydrogen (secondary N) is 6. The SMILES string of the molecule is COc1ccc2[nH]c(C)c(CC(=O)N[C@@H](CCCCNC(=O)NO)c3[nH]c(-c4ccc5ccccc5c4)c[nH+]3)c2c1.O=C([O-])C(F)(F)F. The molecule has 7 N–H and O–H groups in total. The molecule has 3 amide bonds. The van der Waals surface area contributed by atoms with Crippen LogP contribution in [0.4, 0.5) is 18.0 Å². The van der Waals surface area contributed by atoms with Crippen LogP contribution in [0.5, 0.6) is 5.75 Å². The van der Waals surface area contributed by atoms with E-state index in [2.05, 4.69) is 55.9 Å². The first kappa shape index (κ1) is 35.3. The Morgan fingerprint density at radius 2 is 1.75 bits per heavy atom. The molecule has 0 aliphatic rings. The summed E-state index contributed by atoms with van der Waals surface area (Å²) in [4.78, 5) is 43.6. The number of alkyl halides is 3. The summed E-state index contributed by atoms with van der Waals surface area (Å²) >= 11 is 0. The van der Waals surface area contributed by atoms with Gasteiger partial charge in [-0.15, -0.1) is 0 Å². The molecular formula is C33H35F3N6O6. The van der Waals surface area contributed by atoms with Crippen LogP contribution in [0, 0.1) is 6.92 Å². The fourth-order valence-electron chi connectivity index (χ4n) is 5.19. The lowest BCUT2D eigenvalue weighted by Crippen LogP contribution is -2.37. The second kappa shape index (κ2) is 15.8. The molecule has 2 heterocycles. The number of carbonyl (C=O) groups is 3. The lowest BCUT2D eigenvalue weighted by molar-refractivity contribution is -0.391. The van der Waals surface area contributed by atoms with Gasteiger partial charge < -0.3 is 30.3 Å². The van der Waals surface area contributed by atoms with Gasteiger partial charge in [0.15, 0.2) is 5.69 Å². The number of carboxylic acid groups (broad SMARTS) is 1. The number of H-pyrrole nitrogens is 3. The predicted octanol–water partition coefficient (Wildman–Crippen LogP) is 4.00. The van der Waals surface area contributed by atoms with Crippen LogP contribution >= 0.6 is 0 Å². The summed E-state index contributed by atoms with van der Waals surface area (Å²) < 4.78 is 36.9. The fraction of sp³-hybridized carbons (Fsp3) is 0.273. The maximum absolute atomic E-state index is 13.4. The zero-order valence-electron chi connectivity index (χ0n) is 26.1. The molecule has 12 nitrogen and oxygen atoms in total. The molecule has 0 aliphatic heterocycles. The van der Waals surface area contributed by atoms with Crippen LogP contribution in [0.1, 0.15) is 42.4 Å². The first-order chi connectivity index (χ1) is 22.9. The Kier molecular flexibility index (Phi) is 11.6. The van der Waals surface area contributed by atoms with Crippen LogP contribution in [0.2, 0.25) is 0 Å². The zero-order valence-corrected chi connectivity index (χ0v) is 26.1. The highest BCUT2D eigenvalue weighted by molar-refractivity contribution is 5.91. The van der Waals surface area contributed by atoms with Gasteiger partial charge in [-0.1, -0.05) is 30.3 Å². The van der Waals surface area contributed by atoms with Crippen molar-refractivity contribution in [1.82, 2.24) is 26.1 Å². The molecule has 1 atom stereocenters. The summed E-state index contributed by atoms with van der Waals surface area (Å²) in [5.74, 6) is -1.58. The third-order valence-corrected chi connectivity index (χ3v) is 7.59. The molecular weight excluding hydrogens is 633 g/mol. The van der Waals surface area contributed by atoms with E-state index >= 15 is 0 Å². The number of fused-ring (bicyclic) bond motifs is 2. The van der Waals surface area contributed by atoms with Crippen LogP contribution in [0.3, 0.4) is 0 Å². The second-order valence-electron chi connectivity index (χ2n) is 10.9. The van der Waals surface area contributed by atoms with Gasteiger partial charge in [0, 0.05) is 28.7 Å². The van der Waals surface area contributed by atoms with Gasteiger partial charge in [-0.05, 0) is 72.9 Å². The number of amides is 3. The van der Waals surface area contributed by atoms with Gasteiger partial charge in [0.1, 0.15) is 24.0 Å². The molecule has 0 bridgehead atoms. The van der Waals surface area contributed by atoms with E-state index in [1.165, 1.54) is 5.39 Å². The second-order valence-corrected chi connectivity index (χ2v) is 10.9. The average Bonchev–Trinajstić information content (AvgIpc) is 3.68. The van der Waals surface area contributed by atoms with Crippen LogP contribution in [0.25, 0.3) is 32.9 Å². The number of aromatic nitrogens is 3. The fourth-order valence-corrected chi connectivity index (χ4v) is 5.19. The Morgan fingerprint density at radius 3 is 2.44 bits per heavy atom. The van der Waals surface area contributed by atoms with Gasteiger partial charge >= 0.3 is 12.2 Å². The minimum atomic E-state index is -5.19. The zero-order chi connectivity index (χ0) is 34.8. The van der Waals surface area contributed by atoms with Crippen molar-refractivity contribution in [2.75, 3.05) is 13.7 Å². The Bertz CT molecular complexity index is 1890. The summed E-state index contributed by atoms with van der Waals surface area (Å²) in [5.41, 5.74) is 6.36. The third-order valence-electron chi connectivity index (χ3n) is 7.59. The maximum Gasteiger partial charge on any atom is 0.430 e. The number of benzene rings is 3. The number of imidazole rings is 1. The smallest absolute Gasteiger partial charge is 0.430 e. The largest absolute Gasteiger partial charge is 0.542 e. The van der Waals surface area contributed by atoms with Gasteiger partial charge in [-0.25, -0.2) is 20.2 Å². The third kappa shape index (κ3) is 9.25. The quantitative estimate of drug-likeness (QED) is 0.0702. The molecule has 5 rings (SSSR count). The number of aliphatic carboxylic acids is 1. The number of methoxy groups -OCH3 is 1. The summed E-state index contributed by atoms with van der Waals surface area (Å²) in [6.45, 7) is 2.37. The number of ether oxygens (including phenoxy) is 1. The van der Waals surface area contributed by atoms with Gasteiger partial charge in [0.05, 0.1) is 13.5 Å². The lowest BCUT2D eigenvalue weighted by Gasteiger charge is -2.14. The summed E-state index contributed by atoms with van der Waals surface area (Å²) in [6.07, 6.45) is -1.01. The molecule has 0 spiro atoms. The van der Waals surface area contributed by atoms with E-state index in [1.54, 1.807) is 12.6 Å². The van der Waals surface area contributed by atoms with E-state index in [-0.39, 0.29) is 18.4 Å². The molecule has 254 valence electrons. The topological polar surface area (TPSA) is 186 Å². The maximum atomic E-state index is 13.4. The van der Waals surface area contributed by atoms with Crippen molar-refractivity contribution < 1.29 is 47.6 Å². The van der Waals surface area contributed by atoms with Crippen molar-refractivity contribution >= 4 is 39.6 Å². The van der Waals surface area contributed by atoms with Gasteiger partial charge in [0.2, 0.25) is 5.91 Å². The average molecular weight is 669 g/mol. The molecule has 2 aromatic heterocycles. The van der Waals surface area contributed by atoms with Crippen LogP contribution in [-0.4, -0.2) is 52.9 Å². The molecule has 0 aliphatic carbocycles. The van der Waals surface area contributed by atoms with Crippen molar-refractivity contribution in [3.8, 4) is 17.0 Å². The highest BCUT2D eigenvalue weighted by Gasteiger charge is 2.29. The minimum absolute atomic E-state index is 0.102. The summed E-state index contributed by atoms with van der Waals surface area (Å²) in [5, 5.41) is 26.5. The number of rotatable bonds is 11.